The second-order valence-electron chi connectivity index (χ2n) is 5.50. The van der Waals surface area contributed by atoms with Crippen molar-refractivity contribution in [2.24, 2.45) is 0 Å². The van der Waals surface area contributed by atoms with Crippen LogP contribution in [0.2, 0.25) is 10.0 Å². The maximum Gasteiger partial charge on any atom is 0.166 e. The van der Waals surface area contributed by atoms with Crippen LogP contribution in [0.1, 0.15) is 30.9 Å². The molecular weight excluding hydrogens is 345 g/mol. The molecule has 3 nitrogen and oxygen atoms in total. The van der Waals surface area contributed by atoms with E-state index in [9.17, 15) is 0 Å². The largest absolute Gasteiger partial charge is 0.493 e. The minimum absolute atomic E-state index is 0.359. The summed E-state index contributed by atoms with van der Waals surface area (Å²) < 4.78 is 11.5. The average Bonchev–Trinajstić information content (AvgIpc) is 2.58. The minimum atomic E-state index is 0.359. The van der Waals surface area contributed by atoms with Crippen molar-refractivity contribution in [3.05, 3.63) is 57.6 Å². The molecule has 0 saturated carbocycles. The average molecular weight is 368 g/mol. The topological polar surface area (TPSA) is 30.5 Å². The Morgan fingerprint density at radius 1 is 1.08 bits per heavy atom. The van der Waals surface area contributed by atoms with Gasteiger partial charge in [-0.25, -0.2) is 0 Å². The van der Waals surface area contributed by atoms with Gasteiger partial charge < -0.3 is 14.8 Å². The number of halogens is 2. The highest BCUT2D eigenvalue weighted by molar-refractivity contribution is 6.35. The first-order valence-electron chi connectivity index (χ1n) is 8.09. The summed E-state index contributed by atoms with van der Waals surface area (Å²) in [6.07, 6.45) is 2.32. The third kappa shape index (κ3) is 5.30. The standard InChI is InChI=1S/C19H23Cl2NO2/c1-3-4-10-22-12-14-6-5-7-18(23-2)19(14)24-13-15-8-9-16(20)11-17(15)21/h5-9,11,22H,3-4,10,12-13H2,1-2H3. The third-order valence-corrected chi connectivity index (χ3v) is 4.28. The zero-order valence-electron chi connectivity index (χ0n) is 14.1. The van der Waals surface area contributed by atoms with E-state index in [4.69, 9.17) is 32.7 Å². The van der Waals surface area contributed by atoms with E-state index in [1.807, 2.05) is 30.3 Å². The van der Waals surface area contributed by atoms with Gasteiger partial charge in [-0.3, -0.25) is 0 Å². The molecule has 5 heteroatoms. The van der Waals surface area contributed by atoms with Gasteiger partial charge in [0.2, 0.25) is 0 Å². The zero-order valence-corrected chi connectivity index (χ0v) is 15.6. The molecule has 24 heavy (non-hydrogen) atoms. The van der Waals surface area contributed by atoms with E-state index < -0.39 is 0 Å². The summed E-state index contributed by atoms with van der Waals surface area (Å²) >= 11 is 12.2. The number of unbranched alkanes of at least 4 members (excludes halogenated alkanes) is 1. The van der Waals surface area contributed by atoms with Gasteiger partial charge in [0.05, 0.1) is 7.11 Å². The molecule has 1 N–H and O–H groups in total. The lowest BCUT2D eigenvalue weighted by molar-refractivity contribution is 0.280. The molecule has 130 valence electrons. The van der Waals surface area contributed by atoms with Gasteiger partial charge in [-0.1, -0.05) is 54.7 Å². The van der Waals surface area contributed by atoms with Crippen molar-refractivity contribution < 1.29 is 9.47 Å². The van der Waals surface area contributed by atoms with E-state index in [-0.39, 0.29) is 0 Å². The molecule has 0 aromatic heterocycles. The minimum Gasteiger partial charge on any atom is -0.493 e. The molecule has 0 heterocycles. The van der Waals surface area contributed by atoms with Crippen LogP contribution in [-0.4, -0.2) is 13.7 Å². The fourth-order valence-electron chi connectivity index (χ4n) is 2.34. The van der Waals surface area contributed by atoms with Gasteiger partial charge in [0.1, 0.15) is 6.61 Å². The second-order valence-corrected chi connectivity index (χ2v) is 6.35. The Morgan fingerprint density at radius 3 is 2.62 bits per heavy atom. The molecule has 0 fully saturated rings. The summed E-state index contributed by atoms with van der Waals surface area (Å²) in [6, 6.07) is 11.3. The molecule has 2 aromatic rings. The highest BCUT2D eigenvalue weighted by Crippen LogP contribution is 2.32. The van der Waals surface area contributed by atoms with Gasteiger partial charge in [-0.2, -0.15) is 0 Å². The van der Waals surface area contributed by atoms with Gasteiger partial charge >= 0.3 is 0 Å². The fraction of sp³-hybridized carbons (Fsp3) is 0.368. The van der Waals surface area contributed by atoms with Gasteiger partial charge in [-0.15, -0.1) is 0 Å². The van der Waals surface area contributed by atoms with Crippen molar-refractivity contribution in [2.45, 2.75) is 32.9 Å². The number of nitrogens with one attached hydrogen (secondary N) is 1. The molecule has 0 spiro atoms. The number of methoxy groups -OCH3 is 1. The summed E-state index contributed by atoms with van der Waals surface area (Å²) in [5.41, 5.74) is 1.95. The SMILES string of the molecule is CCCCNCc1cccc(OC)c1OCc1ccc(Cl)cc1Cl. The van der Waals surface area contributed by atoms with Gasteiger partial charge in [0.15, 0.2) is 11.5 Å². The van der Waals surface area contributed by atoms with Crippen LogP contribution in [0.25, 0.3) is 0 Å². The van der Waals surface area contributed by atoms with Crippen molar-refractivity contribution in [3.63, 3.8) is 0 Å². The van der Waals surface area contributed by atoms with E-state index in [2.05, 4.69) is 12.2 Å². The maximum absolute atomic E-state index is 6.22. The summed E-state index contributed by atoms with van der Waals surface area (Å²) in [4.78, 5) is 0. The van der Waals surface area contributed by atoms with Crippen molar-refractivity contribution in [1.82, 2.24) is 5.32 Å². The Kier molecular flexibility index (Phi) is 7.70. The summed E-state index contributed by atoms with van der Waals surface area (Å²) in [5.74, 6) is 1.46. The predicted octanol–water partition coefficient (Wildman–Crippen LogP) is 5.47. The molecule has 0 saturated heterocycles. The molecule has 0 aliphatic heterocycles. The zero-order chi connectivity index (χ0) is 17.4. The lowest BCUT2D eigenvalue weighted by Gasteiger charge is -2.16. The molecule has 0 aliphatic rings. The lowest BCUT2D eigenvalue weighted by Crippen LogP contribution is -2.15. The number of rotatable bonds is 9. The second kappa shape index (κ2) is 9.77. The third-order valence-electron chi connectivity index (χ3n) is 3.69. The van der Waals surface area contributed by atoms with Crippen LogP contribution in [0, 0.1) is 0 Å². The highest BCUT2D eigenvalue weighted by Gasteiger charge is 2.12. The molecule has 0 bridgehead atoms. The van der Waals surface area contributed by atoms with Crippen molar-refractivity contribution >= 4 is 23.2 Å². The van der Waals surface area contributed by atoms with Crippen LogP contribution in [-0.2, 0) is 13.2 Å². The van der Waals surface area contributed by atoms with Crippen LogP contribution < -0.4 is 14.8 Å². The number of hydrogen-bond acceptors (Lipinski definition) is 3. The Hall–Kier alpha value is -1.42. The smallest absolute Gasteiger partial charge is 0.166 e. The first-order valence-corrected chi connectivity index (χ1v) is 8.84. The van der Waals surface area contributed by atoms with Gasteiger partial charge in [-0.05, 0) is 31.2 Å². The lowest BCUT2D eigenvalue weighted by atomic mass is 10.1. The molecule has 0 atom stereocenters. The summed E-state index contributed by atoms with van der Waals surface area (Å²) in [7, 11) is 1.64. The van der Waals surface area contributed by atoms with Crippen LogP contribution in [0.3, 0.4) is 0 Å². The monoisotopic (exact) mass is 367 g/mol. The normalized spacial score (nSPS) is 10.7. The van der Waals surface area contributed by atoms with E-state index >= 15 is 0 Å². The molecule has 0 unspecified atom stereocenters. The Labute approximate surface area is 153 Å². The number of hydrogen-bond donors (Lipinski definition) is 1. The predicted molar refractivity (Wildman–Crippen MR) is 100 cm³/mol. The summed E-state index contributed by atoms with van der Waals surface area (Å²) in [6.45, 7) is 4.26. The van der Waals surface area contributed by atoms with Crippen molar-refractivity contribution in [1.29, 1.82) is 0 Å². The maximum atomic E-state index is 6.22. The van der Waals surface area contributed by atoms with Gasteiger partial charge in [0.25, 0.3) is 0 Å². The first kappa shape index (κ1) is 18.9. The molecular formula is C19H23Cl2NO2. The summed E-state index contributed by atoms with van der Waals surface area (Å²) in [5, 5.41) is 4.64. The molecule has 0 aliphatic carbocycles. The van der Waals surface area contributed by atoms with Crippen LogP contribution >= 0.6 is 23.2 Å². The Balaban J connectivity index is 2.11. The molecule has 2 rings (SSSR count). The molecule has 2 aromatic carbocycles. The van der Waals surface area contributed by atoms with E-state index in [1.54, 1.807) is 13.2 Å². The van der Waals surface area contributed by atoms with Crippen molar-refractivity contribution in [2.75, 3.05) is 13.7 Å². The van der Waals surface area contributed by atoms with E-state index in [1.165, 1.54) is 6.42 Å². The number of para-hydroxylation sites is 1. The highest BCUT2D eigenvalue weighted by atomic mass is 35.5. The van der Waals surface area contributed by atoms with Crippen LogP contribution in [0.5, 0.6) is 11.5 Å². The quantitative estimate of drug-likeness (QED) is 0.596. The van der Waals surface area contributed by atoms with E-state index in [0.29, 0.717) is 16.7 Å². The van der Waals surface area contributed by atoms with E-state index in [0.717, 1.165) is 42.1 Å². The van der Waals surface area contributed by atoms with Crippen molar-refractivity contribution in [3.8, 4) is 11.5 Å². The number of ether oxygens (including phenoxy) is 2. The molecule has 0 radical (unpaired) electrons. The number of benzene rings is 2. The Morgan fingerprint density at radius 2 is 1.92 bits per heavy atom. The Bertz CT molecular complexity index is 662. The van der Waals surface area contributed by atoms with Crippen LogP contribution in [0.15, 0.2) is 36.4 Å². The molecule has 0 amide bonds. The fourth-order valence-corrected chi connectivity index (χ4v) is 2.80. The first-order chi connectivity index (χ1) is 11.7. The van der Waals surface area contributed by atoms with Crippen LogP contribution in [0.4, 0.5) is 0 Å². The van der Waals surface area contributed by atoms with Gasteiger partial charge in [0, 0.05) is 27.7 Å².